The molecule has 0 aliphatic carbocycles. The molecule has 0 radical (unpaired) electrons. The van der Waals surface area contributed by atoms with Gasteiger partial charge in [-0.15, -0.1) is 23.7 Å². The third kappa shape index (κ3) is 5.31. The number of aliphatic hydroxyl groups is 1. The van der Waals surface area contributed by atoms with Crippen LogP contribution in [0.15, 0.2) is 10.9 Å². The lowest BCUT2D eigenvalue weighted by atomic mass is 10.3. The van der Waals surface area contributed by atoms with Crippen LogP contribution >= 0.6 is 23.7 Å². The number of aromatic nitrogens is 1. The molecule has 0 saturated carbocycles. The Hall–Kier alpha value is -0.200. The van der Waals surface area contributed by atoms with Crippen LogP contribution in [-0.2, 0) is 6.54 Å². The van der Waals surface area contributed by atoms with E-state index in [-0.39, 0.29) is 18.5 Å². The minimum atomic E-state index is -0.267. The van der Waals surface area contributed by atoms with Gasteiger partial charge in [-0.1, -0.05) is 0 Å². The maximum Gasteiger partial charge on any atom is 0.0795 e. The number of halogens is 1. The molecular weight excluding hydrogens is 258 g/mol. The number of β-amino-alcohol motifs (C(OH)–C–C–N with tert-alkyl or cyclic N) is 1. The van der Waals surface area contributed by atoms with Crippen LogP contribution < -0.4 is 5.32 Å². The van der Waals surface area contributed by atoms with E-state index in [1.165, 1.54) is 12.8 Å². The molecule has 1 saturated heterocycles. The van der Waals surface area contributed by atoms with Crippen LogP contribution in [0.4, 0.5) is 0 Å². The molecule has 1 fully saturated rings. The van der Waals surface area contributed by atoms with Gasteiger partial charge in [0.05, 0.1) is 17.3 Å². The van der Waals surface area contributed by atoms with Crippen LogP contribution in [0.1, 0.15) is 18.5 Å². The van der Waals surface area contributed by atoms with Crippen LogP contribution in [0.25, 0.3) is 0 Å². The molecule has 17 heavy (non-hydrogen) atoms. The third-order valence-corrected chi connectivity index (χ3v) is 3.47. The first kappa shape index (κ1) is 14.9. The van der Waals surface area contributed by atoms with E-state index in [2.05, 4.69) is 15.2 Å². The van der Waals surface area contributed by atoms with E-state index in [4.69, 9.17) is 0 Å². The lowest BCUT2D eigenvalue weighted by Crippen LogP contribution is -2.36. The summed E-state index contributed by atoms with van der Waals surface area (Å²) < 4.78 is 0. The fourth-order valence-electron chi connectivity index (χ4n) is 2.02. The fourth-order valence-corrected chi connectivity index (χ4v) is 2.58. The molecule has 2 heterocycles. The number of likely N-dealkylation sites (tertiary alicyclic amines) is 1. The van der Waals surface area contributed by atoms with Crippen LogP contribution in [0.2, 0.25) is 0 Å². The summed E-state index contributed by atoms with van der Waals surface area (Å²) in [5, 5.41) is 15.1. The molecule has 6 heteroatoms. The molecule has 2 rings (SSSR count). The summed E-state index contributed by atoms with van der Waals surface area (Å²) in [6.45, 7) is 4.48. The van der Waals surface area contributed by atoms with E-state index in [1.807, 2.05) is 10.9 Å². The smallest absolute Gasteiger partial charge is 0.0795 e. The first-order valence-electron chi connectivity index (χ1n) is 5.83. The number of thiazole rings is 1. The van der Waals surface area contributed by atoms with Crippen molar-refractivity contribution in [3.8, 4) is 0 Å². The zero-order chi connectivity index (χ0) is 11.2. The Morgan fingerprint density at radius 2 is 2.24 bits per heavy atom. The Bertz CT molecular complexity index is 291. The minimum absolute atomic E-state index is 0. The van der Waals surface area contributed by atoms with Gasteiger partial charge in [0.15, 0.2) is 0 Å². The summed E-state index contributed by atoms with van der Waals surface area (Å²) in [7, 11) is 0. The molecule has 98 valence electrons. The first-order chi connectivity index (χ1) is 7.84. The van der Waals surface area contributed by atoms with E-state index in [1.54, 1.807) is 11.3 Å². The van der Waals surface area contributed by atoms with Crippen molar-refractivity contribution < 1.29 is 5.11 Å². The van der Waals surface area contributed by atoms with E-state index >= 15 is 0 Å². The van der Waals surface area contributed by atoms with Gasteiger partial charge in [0, 0.05) is 25.0 Å². The normalized spacial score (nSPS) is 17.9. The van der Waals surface area contributed by atoms with Gasteiger partial charge < -0.3 is 15.3 Å². The van der Waals surface area contributed by atoms with Gasteiger partial charge in [-0.05, 0) is 25.9 Å². The summed E-state index contributed by atoms with van der Waals surface area (Å²) in [4.78, 5) is 6.51. The minimum Gasteiger partial charge on any atom is -0.390 e. The highest BCUT2D eigenvalue weighted by Gasteiger charge is 2.15. The number of rotatable bonds is 6. The molecule has 1 aliphatic rings. The largest absolute Gasteiger partial charge is 0.390 e. The topological polar surface area (TPSA) is 48.4 Å². The molecular formula is C11H20ClN3OS. The Labute approximate surface area is 112 Å². The standard InChI is InChI=1S/C11H19N3OS.ClH/c15-11(7-14-3-1-2-4-14)6-12-5-10-8-16-9-13-10;/h8-9,11-12,15H,1-7H2;1H. The molecule has 0 amide bonds. The van der Waals surface area contributed by atoms with E-state index in [0.29, 0.717) is 6.54 Å². The van der Waals surface area contributed by atoms with Gasteiger partial charge in [0.2, 0.25) is 0 Å². The Balaban J connectivity index is 0.00000144. The predicted octanol–water partition coefficient (Wildman–Crippen LogP) is 1.11. The molecule has 1 aromatic heterocycles. The van der Waals surface area contributed by atoms with Gasteiger partial charge in [-0.25, -0.2) is 4.98 Å². The quantitative estimate of drug-likeness (QED) is 0.818. The second-order valence-electron chi connectivity index (χ2n) is 4.27. The summed E-state index contributed by atoms with van der Waals surface area (Å²) in [5.41, 5.74) is 2.89. The Morgan fingerprint density at radius 3 is 2.88 bits per heavy atom. The third-order valence-electron chi connectivity index (χ3n) is 2.84. The maximum absolute atomic E-state index is 9.82. The highest BCUT2D eigenvalue weighted by Crippen LogP contribution is 2.07. The van der Waals surface area contributed by atoms with Crippen molar-refractivity contribution in [3.05, 3.63) is 16.6 Å². The zero-order valence-electron chi connectivity index (χ0n) is 9.84. The molecule has 1 aliphatic heterocycles. The number of nitrogens with zero attached hydrogens (tertiary/aromatic N) is 2. The monoisotopic (exact) mass is 277 g/mol. The number of aliphatic hydroxyl groups excluding tert-OH is 1. The Kier molecular flexibility index (Phi) is 6.99. The van der Waals surface area contributed by atoms with E-state index in [9.17, 15) is 5.11 Å². The summed E-state index contributed by atoms with van der Waals surface area (Å²) in [5.74, 6) is 0. The summed E-state index contributed by atoms with van der Waals surface area (Å²) >= 11 is 1.60. The molecule has 1 unspecified atom stereocenters. The van der Waals surface area contributed by atoms with Crippen LogP contribution in [0.3, 0.4) is 0 Å². The van der Waals surface area contributed by atoms with Crippen molar-refractivity contribution in [2.75, 3.05) is 26.2 Å². The van der Waals surface area contributed by atoms with Crippen molar-refractivity contribution in [1.82, 2.24) is 15.2 Å². The van der Waals surface area contributed by atoms with Crippen molar-refractivity contribution >= 4 is 23.7 Å². The molecule has 4 nitrogen and oxygen atoms in total. The van der Waals surface area contributed by atoms with Crippen molar-refractivity contribution in [2.24, 2.45) is 0 Å². The molecule has 2 N–H and O–H groups in total. The number of nitrogens with one attached hydrogen (secondary N) is 1. The van der Waals surface area contributed by atoms with Crippen molar-refractivity contribution in [1.29, 1.82) is 0 Å². The van der Waals surface area contributed by atoms with Crippen molar-refractivity contribution in [2.45, 2.75) is 25.5 Å². The molecule has 1 atom stereocenters. The molecule has 0 spiro atoms. The number of hydrogen-bond donors (Lipinski definition) is 2. The summed E-state index contributed by atoms with van der Waals surface area (Å²) in [6, 6.07) is 0. The maximum atomic E-state index is 9.82. The Morgan fingerprint density at radius 1 is 1.47 bits per heavy atom. The van der Waals surface area contributed by atoms with Crippen LogP contribution in [0, 0.1) is 0 Å². The van der Waals surface area contributed by atoms with Gasteiger partial charge in [0.1, 0.15) is 0 Å². The van der Waals surface area contributed by atoms with Crippen LogP contribution in [0.5, 0.6) is 0 Å². The van der Waals surface area contributed by atoms with Gasteiger partial charge in [0.25, 0.3) is 0 Å². The predicted molar refractivity (Wildman–Crippen MR) is 72.7 cm³/mol. The SMILES string of the molecule is Cl.OC(CNCc1cscn1)CN1CCCC1. The van der Waals surface area contributed by atoms with Gasteiger partial charge in [-0.2, -0.15) is 0 Å². The van der Waals surface area contributed by atoms with Gasteiger partial charge >= 0.3 is 0 Å². The summed E-state index contributed by atoms with van der Waals surface area (Å²) in [6.07, 6.45) is 2.29. The van der Waals surface area contributed by atoms with Crippen LogP contribution in [-0.4, -0.2) is 47.3 Å². The lowest BCUT2D eigenvalue weighted by Gasteiger charge is -2.19. The highest BCUT2D eigenvalue weighted by molar-refractivity contribution is 7.07. The average Bonchev–Trinajstić information content (AvgIpc) is 2.90. The lowest BCUT2D eigenvalue weighted by molar-refractivity contribution is 0.123. The average molecular weight is 278 g/mol. The van der Waals surface area contributed by atoms with Crippen molar-refractivity contribution in [3.63, 3.8) is 0 Å². The fraction of sp³-hybridized carbons (Fsp3) is 0.727. The van der Waals surface area contributed by atoms with E-state index in [0.717, 1.165) is 31.9 Å². The molecule has 1 aromatic rings. The number of hydrogen-bond acceptors (Lipinski definition) is 5. The second kappa shape index (κ2) is 8.00. The highest BCUT2D eigenvalue weighted by atomic mass is 35.5. The molecule has 0 aromatic carbocycles. The zero-order valence-corrected chi connectivity index (χ0v) is 11.5. The second-order valence-corrected chi connectivity index (χ2v) is 4.99. The van der Waals surface area contributed by atoms with E-state index < -0.39 is 0 Å². The first-order valence-corrected chi connectivity index (χ1v) is 6.77. The van der Waals surface area contributed by atoms with Gasteiger partial charge in [-0.3, -0.25) is 0 Å². The molecule has 0 bridgehead atoms.